The number of sulfone groups is 1. The molecule has 0 saturated carbocycles. The topological polar surface area (TPSA) is 81.4 Å². The highest BCUT2D eigenvalue weighted by atomic mass is 35.5. The van der Waals surface area contributed by atoms with Gasteiger partial charge in [0.25, 0.3) is 0 Å². The van der Waals surface area contributed by atoms with Gasteiger partial charge in [0.2, 0.25) is 26.6 Å². The van der Waals surface area contributed by atoms with Crippen molar-refractivity contribution in [3.63, 3.8) is 0 Å². The zero-order chi connectivity index (χ0) is 19.4. The van der Waals surface area contributed by atoms with E-state index in [9.17, 15) is 8.42 Å². The largest absolute Gasteiger partial charge is 0.494 e. The van der Waals surface area contributed by atoms with E-state index < -0.39 is 9.84 Å². The minimum Gasteiger partial charge on any atom is -0.494 e. The minimum atomic E-state index is -3.86. The summed E-state index contributed by atoms with van der Waals surface area (Å²) in [5.41, 5.74) is 0.648. The first kappa shape index (κ1) is 19.3. The molecule has 0 atom stereocenters. The molecule has 6 nitrogen and oxygen atoms in total. The van der Waals surface area contributed by atoms with Crippen LogP contribution >= 0.6 is 11.6 Å². The molecule has 0 unspecified atom stereocenters. The van der Waals surface area contributed by atoms with Gasteiger partial charge in [0.1, 0.15) is 5.75 Å². The van der Waals surface area contributed by atoms with Gasteiger partial charge in [0.05, 0.1) is 11.5 Å². The van der Waals surface area contributed by atoms with Crippen LogP contribution in [0.2, 0.25) is 5.02 Å². The summed E-state index contributed by atoms with van der Waals surface area (Å²) in [6, 6.07) is 13.0. The van der Waals surface area contributed by atoms with Gasteiger partial charge in [-0.05, 0) is 62.4 Å². The number of nitrogens with one attached hydrogen (secondary N) is 1. The monoisotopic (exact) mass is 406 g/mol. The average Bonchev–Trinajstić information content (AvgIpc) is 3.08. The molecule has 0 aliphatic heterocycles. The third kappa shape index (κ3) is 4.09. The van der Waals surface area contributed by atoms with Crippen LogP contribution in [0, 0.1) is 0 Å². The normalized spacial score (nSPS) is 11.4. The first-order valence-corrected chi connectivity index (χ1v) is 10.3. The number of halogens is 1. The summed E-state index contributed by atoms with van der Waals surface area (Å²) in [6.07, 6.45) is 0. The summed E-state index contributed by atoms with van der Waals surface area (Å²) in [4.78, 5) is 4.35. The molecule has 0 aliphatic carbocycles. The Morgan fingerprint density at radius 2 is 1.74 bits per heavy atom. The van der Waals surface area contributed by atoms with E-state index >= 15 is 0 Å². The summed E-state index contributed by atoms with van der Waals surface area (Å²) in [6.45, 7) is 4.80. The molecule has 0 radical (unpaired) electrons. The quantitative estimate of drug-likeness (QED) is 0.614. The zero-order valence-electron chi connectivity index (χ0n) is 14.9. The van der Waals surface area contributed by atoms with Crippen molar-refractivity contribution in [2.24, 2.45) is 0 Å². The van der Waals surface area contributed by atoms with Crippen LogP contribution in [0.25, 0.3) is 11.5 Å². The molecule has 0 spiro atoms. The molecule has 2 aromatic carbocycles. The number of hydrogen-bond acceptors (Lipinski definition) is 6. The van der Waals surface area contributed by atoms with E-state index in [1.807, 2.05) is 13.8 Å². The Kier molecular flexibility index (Phi) is 5.72. The fraction of sp³-hybridized carbons (Fsp3) is 0.211. The molecule has 3 rings (SSSR count). The lowest BCUT2D eigenvalue weighted by molar-refractivity contribution is 0.340. The standard InChI is InChI=1S/C19H19ClN2O4S/c1-3-21-18-19(27(23,24)16-11-7-14(20)8-12-16)22-17(26-18)13-5-9-15(10-6-13)25-4-2/h5-12,21H,3-4H2,1-2H3. The number of hydrogen-bond donors (Lipinski definition) is 1. The van der Waals surface area contributed by atoms with Crippen molar-refractivity contribution < 1.29 is 17.6 Å². The number of benzene rings is 2. The van der Waals surface area contributed by atoms with Gasteiger partial charge in [-0.1, -0.05) is 11.6 Å². The summed E-state index contributed by atoms with van der Waals surface area (Å²) in [5, 5.41) is 3.22. The van der Waals surface area contributed by atoms with Gasteiger partial charge in [-0.25, -0.2) is 8.42 Å². The van der Waals surface area contributed by atoms with Crippen LogP contribution in [0.4, 0.5) is 5.88 Å². The van der Waals surface area contributed by atoms with Crippen LogP contribution in [0.5, 0.6) is 5.75 Å². The van der Waals surface area contributed by atoms with Crippen LogP contribution in [0.3, 0.4) is 0 Å². The van der Waals surface area contributed by atoms with Gasteiger partial charge < -0.3 is 14.5 Å². The van der Waals surface area contributed by atoms with E-state index in [1.165, 1.54) is 24.3 Å². The molecule has 0 aliphatic rings. The summed E-state index contributed by atoms with van der Waals surface area (Å²) in [5.74, 6) is 1.03. The molecule has 1 N–H and O–H groups in total. The smallest absolute Gasteiger partial charge is 0.233 e. The number of anilines is 1. The number of ether oxygens (including phenoxy) is 1. The third-order valence-corrected chi connectivity index (χ3v) is 5.65. The molecule has 142 valence electrons. The molecule has 1 heterocycles. The fourth-order valence-corrected chi connectivity index (χ4v) is 3.87. The van der Waals surface area contributed by atoms with E-state index in [1.54, 1.807) is 24.3 Å². The first-order chi connectivity index (χ1) is 13.0. The van der Waals surface area contributed by atoms with Crippen molar-refractivity contribution in [1.29, 1.82) is 0 Å². The molecule has 1 aromatic heterocycles. The Morgan fingerprint density at radius 3 is 2.33 bits per heavy atom. The van der Waals surface area contributed by atoms with E-state index in [2.05, 4.69) is 10.3 Å². The van der Waals surface area contributed by atoms with Gasteiger partial charge in [-0.15, -0.1) is 0 Å². The first-order valence-electron chi connectivity index (χ1n) is 8.44. The van der Waals surface area contributed by atoms with E-state index in [4.69, 9.17) is 20.8 Å². The van der Waals surface area contributed by atoms with Gasteiger partial charge >= 0.3 is 0 Å². The zero-order valence-corrected chi connectivity index (χ0v) is 16.5. The second-order valence-electron chi connectivity index (χ2n) is 5.60. The number of oxazole rings is 1. The predicted octanol–water partition coefficient (Wildman–Crippen LogP) is 4.66. The molecule has 8 heteroatoms. The Morgan fingerprint density at radius 1 is 1.07 bits per heavy atom. The molecule has 0 fully saturated rings. The van der Waals surface area contributed by atoms with Crippen molar-refractivity contribution in [3.8, 4) is 17.2 Å². The lowest BCUT2D eigenvalue weighted by Crippen LogP contribution is -2.07. The Labute approximate surface area is 163 Å². The van der Waals surface area contributed by atoms with Crippen molar-refractivity contribution in [2.45, 2.75) is 23.8 Å². The Hall–Kier alpha value is -2.51. The second kappa shape index (κ2) is 8.02. The van der Waals surface area contributed by atoms with Crippen LogP contribution in [0.15, 0.2) is 62.9 Å². The van der Waals surface area contributed by atoms with Crippen LogP contribution in [-0.4, -0.2) is 26.6 Å². The highest BCUT2D eigenvalue weighted by Crippen LogP contribution is 2.33. The van der Waals surface area contributed by atoms with Gasteiger partial charge in [0, 0.05) is 17.1 Å². The van der Waals surface area contributed by atoms with Crippen molar-refractivity contribution in [1.82, 2.24) is 4.98 Å². The van der Waals surface area contributed by atoms with Crippen LogP contribution in [-0.2, 0) is 9.84 Å². The van der Waals surface area contributed by atoms with Gasteiger partial charge in [0.15, 0.2) is 0 Å². The van der Waals surface area contributed by atoms with E-state index in [0.717, 1.165) is 0 Å². The molecule has 27 heavy (non-hydrogen) atoms. The Balaban J connectivity index is 2.04. The maximum atomic E-state index is 13.0. The van der Waals surface area contributed by atoms with Crippen LogP contribution in [0.1, 0.15) is 13.8 Å². The third-order valence-electron chi connectivity index (χ3n) is 3.72. The maximum absolute atomic E-state index is 13.0. The highest BCUT2D eigenvalue weighted by molar-refractivity contribution is 7.91. The maximum Gasteiger partial charge on any atom is 0.233 e. The summed E-state index contributed by atoms with van der Waals surface area (Å²) < 4.78 is 37.1. The molecule has 0 bridgehead atoms. The summed E-state index contributed by atoms with van der Waals surface area (Å²) >= 11 is 5.86. The highest BCUT2D eigenvalue weighted by Gasteiger charge is 2.28. The molecule has 0 amide bonds. The molecular weight excluding hydrogens is 388 g/mol. The SMILES string of the molecule is CCNc1oc(-c2ccc(OCC)cc2)nc1S(=O)(=O)c1ccc(Cl)cc1. The van der Waals surface area contributed by atoms with E-state index in [-0.39, 0.29) is 21.7 Å². The predicted molar refractivity (Wildman–Crippen MR) is 104 cm³/mol. The number of nitrogens with zero attached hydrogens (tertiary/aromatic N) is 1. The number of aromatic nitrogens is 1. The lowest BCUT2D eigenvalue weighted by atomic mass is 10.2. The Bertz CT molecular complexity index is 1010. The average molecular weight is 407 g/mol. The molecule has 0 saturated heterocycles. The number of rotatable bonds is 7. The van der Waals surface area contributed by atoms with E-state index in [0.29, 0.717) is 29.5 Å². The van der Waals surface area contributed by atoms with Crippen molar-refractivity contribution in [2.75, 3.05) is 18.5 Å². The molecule has 3 aromatic rings. The minimum absolute atomic E-state index is 0.0950. The van der Waals surface area contributed by atoms with Crippen molar-refractivity contribution in [3.05, 3.63) is 53.6 Å². The van der Waals surface area contributed by atoms with Gasteiger partial charge in [-0.2, -0.15) is 4.98 Å². The fourth-order valence-electron chi connectivity index (χ4n) is 2.47. The van der Waals surface area contributed by atoms with Crippen molar-refractivity contribution >= 4 is 27.3 Å². The molecular formula is C19H19ClN2O4S. The second-order valence-corrected chi connectivity index (χ2v) is 7.90. The van der Waals surface area contributed by atoms with Gasteiger partial charge in [-0.3, -0.25) is 0 Å². The lowest BCUT2D eigenvalue weighted by Gasteiger charge is -2.04. The van der Waals surface area contributed by atoms with Crippen LogP contribution < -0.4 is 10.1 Å². The summed E-state index contributed by atoms with van der Waals surface area (Å²) in [7, 11) is -3.86.